The fraction of sp³-hybridized carbons (Fsp3) is 0.333. The van der Waals surface area contributed by atoms with Gasteiger partial charge in [-0.25, -0.2) is 14.4 Å². The summed E-state index contributed by atoms with van der Waals surface area (Å²) in [6.45, 7) is 4.59. The van der Waals surface area contributed by atoms with Gasteiger partial charge in [0.15, 0.2) is 0 Å². The van der Waals surface area contributed by atoms with E-state index in [9.17, 15) is 4.39 Å². The molecule has 19 heavy (non-hydrogen) atoms. The van der Waals surface area contributed by atoms with Gasteiger partial charge in [-0.15, -0.1) is 0 Å². The zero-order valence-electron chi connectivity index (χ0n) is 11.5. The molecule has 1 heterocycles. The maximum absolute atomic E-state index is 13.6. The SMILES string of the molecule is CC(C)c1nccc(N(C)Cc2ccccc2F)n1. The third kappa shape index (κ3) is 3.28. The van der Waals surface area contributed by atoms with Gasteiger partial charge in [0.25, 0.3) is 0 Å². The van der Waals surface area contributed by atoms with Crippen molar-refractivity contribution in [1.29, 1.82) is 0 Å². The van der Waals surface area contributed by atoms with Gasteiger partial charge in [-0.3, -0.25) is 0 Å². The summed E-state index contributed by atoms with van der Waals surface area (Å²) in [5, 5.41) is 0. The number of aromatic nitrogens is 2. The van der Waals surface area contributed by atoms with Crippen LogP contribution < -0.4 is 4.90 Å². The summed E-state index contributed by atoms with van der Waals surface area (Å²) in [4.78, 5) is 10.6. The zero-order chi connectivity index (χ0) is 13.8. The van der Waals surface area contributed by atoms with Crippen LogP contribution in [0.5, 0.6) is 0 Å². The van der Waals surface area contributed by atoms with Crippen molar-refractivity contribution >= 4 is 5.82 Å². The molecule has 1 aromatic carbocycles. The van der Waals surface area contributed by atoms with E-state index in [4.69, 9.17) is 0 Å². The van der Waals surface area contributed by atoms with Crippen molar-refractivity contribution in [2.75, 3.05) is 11.9 Å². The van der Waals surface area contributed by atoms with E-state index in [2.05, 4.69) is 23.8 Å². The number of halogens is 1. The second kappa shape index (κ2) is 5.78. The van der Waals surface area contributed by atoms with Crippen molar-refractivity contribution < 1.29 is 4.39 Å². The van der Waals surface area contributed by atoms with Gasteiger partial charge < -0.3 is 4.90 Å². The molecule has 0 bridgehead atoms. The molecule has 0 atom stereocenters. The van der Waals surface area contributed by atoms with Crippen molar-refractivity contribution in [3.8, 4) is 0 Å². The molecule has 0 aliphatic carbocycles. The normalized spacial score (nSPS) is 10.8. The van der Waals surface area contributed by atoms with Gasteiger partial charge in [-0.05, 0) is 12.1 Å². The number of anilines is 1. The third-order valence-corrected chi connectivity index (χ3v) is 2.93. The topological polar surface area (TPSA) is 29.0 Å². The molecule has 0 aliphatic rings. The molecular weight excluding hydrogens is 241 g/mol. The number of hydrogen-bond donors (Lipinski definition) is 0. The molecule has 3 nitrogen and oxygen atoms in total. The van der Waals surface area contributed by atoms with Crippen LogP contribution in [0, 0.1) is 5.82 Å². The average Bonchev–Trinajstić information content (AvgIpc) is 2.41. The van der Waals surface area contributed by atoms with E-state index in [0.717, 1.165) is 11.6 Å². The minimum atomic E-state index is -0.188. The molecule has 0 saturated heterocycles. The number of benzene rings is 1. The van der Waals surface area contributed by atoms with Gasteiger partial charge >= 0.3 is 0 Å². The number of nitrogens with zero attached hydrogens (tertiary/aromatic N) is 3. The fourth-order valence-electron chi connectivity index (χ4n) is 1.82. The lowest BCUT2D eigenvalue weighted by molar-refractivity contribution is 0.607. The smallest absolute Gasteiger partial charge is 0.133 e. The Balaban J connectivity index is 2.18. The lowest BCUT2D eigenvalue weighted by Crippen LogP contribution is -2.19. The summed E-state index contributed by atoms with van der Waals surface area (Å²) in [5.41, 5.74) is 0.662. The van der Waals surface area contributed by atoms with E-state index in [1.165, 1.54) is 6.07 Å². The summed E-state index contributed by atoms with van der Waals surface area (Å²) < 4.78 is 13.6. The summed E-state index contributed by atoms with van der Waals surface area (Å²) in [5.74, 6) is 1.70. The lowest BCUT2D eigenvalue weighted by atomic mass is 10.2. The first-order valence-electron chi connectivity index (χ1n) is 6.35. The van der Waals surface area contributed by atoms with Crippen LogP contribution in [0.4, 0.5) is 10.2 Å². The van der Waals surface area contributed by atoms with Crippen LogP contribution in [0.2, 0.25) is 0 Å². The van der Waals surface area contributed by atoms with Crippen molar-refractivity contribution in [2.45, 2.75) is 26.3 Å². The Kier molecular flexibility index (Phi) is 4.10. The van der Waals surface area contributed by atoms with Gasteiger partial charge in [0.05, 0.1) is 0 Å². The van der Waals surface area contributed by atoms with Crippen molar-refractivity contribution in [3.05, 3.63) is 53.7 Å². The molecule has 2 aromatic rings. The Morgan fingerprint density at radius 3 is 2.63 bits per heavy atom. The number of hydrogen-bond acceptors (Lipinski definition) is 3. The first-order chi connectivity index (χ1) is 9.08. The van der Waals surface area contributed by atoms with Crippen LogP contribution in [-0.2, 0) is 6.54 Å². The maximum Gasteiger partial charge on any atom is 0.133 e. The van der Waals surface area contributed by atoms with Crippen LogP contribution in [0.3, 0.4) is 0 Å². The molecule has 0 spiro atoms. The van der Waals surface area contributed by atoms with Gasteiger partial charge in [0.1, 0.15) is 17.5 Å². The Hall–Kier alpha value is -1.97. The van der Waals surface area contributed by atoms with Gasteiger partial charge in [0, 0.05) is 31.3 Å². The minimum Gasteiger partial charge on any atom is -0.355 e. The summed E-state index contributed by atoms with van der Waals surface area (Å²) in [6.07, 6.45) is 1.75. The quantitative estimate of drug-likeness (QED) is 0.843. The van der Waals surface area contributed by atoms with Gasteiger partial charge in [-0.2, -0.15) is 0 Å². The monoisotopic (exact) mass is 259 g/mol. The van der Waals surface area contributed by atoms with E-state index >= 15 is 0 Å². The highest BCUT2D eigenvalue weighted by molar-refractivity contribution is 5.38. The van der Waals surface area contributed by atoms with E-state index in [-0.39, 0.29) is 11.7 Å². The Labute approximate surface area is 113 Å². The Morgan fingerprint density at radius 1 is 1.21 bits per heavy atom. The fourth-order valence-corrected chi connectivity index (χ4v) is 1.82. The first kappa shape index (κ1) is 13.5. The predicted octanol–water partition coefficient (Wildman–Crippen LogP) is 3.38. The molecule has 0 amide bonds. The molecule has 2 rings (SSSR count). The highest BCUT2D eigenvalue weighted by Crippen LogP contribution is 2.17. The largest absolute Gasteiger partial charge is 0.355 e. The molecule has 1 aromatic heterocycles. The van der Waals surface area contributed by atoms with Crippen LogP contribution in [0.15, 0.2) is 36.5 Å². The Morgan fingerprint density at radius 2 is 1.95 bits per heavy atom. The van der Waals surface area contributed by atoms with Crippen LogP contribution in [-0.4, -0.2) is 17.0 Å². The minimum absolute atomic E-state index is 0.188. The summed E-state index contributed by atoms with van der Waals surface area (Å²) in [7, 11) is 1.90. The highest BCUT2D eigenvalue weighted by atomic mass is 19.1. The molecule has 0 fully saturated rings. The lowest BCUT2D eigenvalue weighted by Gasteiger charge is -2.19. The molecular formula is C15H18FN3. The molecule has 0 radical (unpaired) electrons. The maximum atomic E-state index is 13.6. The highest BCUT2D eigenvalue weighted by Gasteiger charge is 2.09. The van der Waals surface area contributed by atoms with Crippen molar-refractivity contribution in [1.82, 2.24) is 9.97 Å². The van der Waals surface area contributed by atoms with Crippen LogP contribution in [0.25, 0.3) is 0 Å². The second-order valence-electron chi connectivity index (χ2n) is 4.88. The van der Waals surface area contributed by atoms with Gasteiger partial charge in [0.2, 0.25) is 0 Å². The molecule has 100 valence electrons. The van der Waals surface area contributed by atoms with E-state index in [0.29, 0.717) is 12.1 Å². The van der Waals surface area contributed by atoms with E-state index < -0.39 is 0 Å². The van der Waals surface area contributed by atoms with Crippen molar-refractivity contribution in [2.24, 2.45) is 0 Å². The standard InChI is InChI=1S/C15H18FN3/c1-11(2)15-17-9-8-14(18-15)19(3)10-12-6-4-5-7-13(12)16/h4-9,11H,10H2,1-3H3. The Bertz CT molecular complexity index is 555. The predicted molar refractivity (Wildman–Crippen MR) is 74.6 cm³/mol. The van der Waals surface area contributed by atoms with Crippen molar-refractivity contribution in [3.63, 3.8) is 0 Å². The first-order valence-corrected chi connectivity index (χ1v) is 6.35. The van der Waals surface area contributed by atoms with Crippen LogP contribution >= 0.6 is 0 Å². The molecule has 0 N–H and O–H groups in total. The molecule has 0 aliphatic heterocycles. The van der Waals surface area contributed by atoms with E-state index in [1.54, 1.807) is 18.3 Å². The molecule has 0 saturated carbocycles. The second-order valence-corrected chi connectivity index (χ2v) is 4.88. The molecule has 4 heteroatoms. The summed E-state index contributed by atoms with van der Waals surface area (Å²) >= 11 is 0. The van der Waals surface area contributed by atoms with Crippen LogP contribution in [0.1, 0.15) is 31.2 Å². The van der Waals surface area contributed by atoms with E-state index in [1.807, 2.05) is 24.1 Å². The zero-order valence-corrected chi connectivity index (χ0v) is 11.5. The summed E-state index contributed by atoms with van der Waals surface area (Å²) in [6, 6.07) is 8.64. The number of rotatable bonds is 4. The molecule has 0 unspecified atom stereocenters. The average molecular weight is 259 g/mol. The third-order valence-electron chi connectivity index (χ3n) is 2.93. The van der Waals surface area contributed by atoms with Gasteiger partial charge in [-0.1, -0.05) is 32.0 Å².